The number of alkyl halides is 2. The molecule has 5 rings (SSSR count). The summed E-state index contributed by atoms with van der Waals surface area (Å²) in [5.74, 6) is -0.0127. The highest BCUT2D eigenvalue weighted by Crippen LogP contribution is 2.26. The van der Waals surface area contributed by atoms with Crippen molar-refractivity contribution < 1.29 is 27.8 Å². The molecule has 1 aromatic carbocycles. The van der Waals surface area contributed by atoms with Gasteiger partial charge in [-0.25, -0.2) is 18.1 Å². The molecule has 4 aromatic rings. The van der Waals surface area contributed by atoms with Gasteiger partial charge in [-0.2, -0.15) is 9.90 Å². The summed E-state index contributed by atoms with van der Waals surface area (Å²) < 4.78 is 36.0. The second kappa shape index (κ2) is 10.5. The Morgan fingerprint density at radius 2 is 2.03 bits per heavy atom. The molecule has 0 unspecified atom stereocenters. The van der Waals surface area contributed by atoms with Crippen LogP contribution in [0.3, 0.4) is 0 Å². The van der Waals surface area contributed by atoms with E-state index in [-0.39, 0.29) is 18.6 Å². The predicted molar refractivity (Wildman–Crippen MR) is 130 cm³/mol. The zero-order valence-corrected chi connectivity index (χ0v) is 20.5. The van der Waals surface area contributed by atoms with E-state index in [1.54, 1.807) is 24.4 Å². The molecule has 0 aliphatic carbocycles. The van der Waals surface area contributed by atoms with Crippen LogP contribution in [0.4, 0.5) is 19.3 Å². The third kappa shape index (κ3) is 5.16. The standard InChI is InChI=1S/C24H24F2N8O4/c1-14-3-4-16(22-29-31-34(30-22)17-10-32(11-17)24(36)37-2)8-19(14)28-23(35)18-9-27-33-6-5-15(7-20(18)33)12-38-13-21(25)26/h3-9,17,21H,10-13H2,1-2H3,(H,28,35). The zero-order valence-electron chi connectivity index (χ0n) is 20.5. The Morgan fingerprint density at radius 3 is 2.79 bits per heavy atom. The number of carbonyl (C=O) groups is 2. The molecule has 1 saturated heterocycles. The number of hydrogen-bond donors (Lipinski definition) is 1. The molecule has 0 spiro atoms. The molecule has 1 aliphatic heterocycles. The Kier molecular flexibility index (Phi) is 6.96. The van der Waals surface area contributed by atoms with Gasteiger partial charge < -0.3 is 19.7 Å². The van der Waals surface area contributed by atoms with E-state index in [4.69, 9.17) is 9.47 Å². The van der Waals surface area contributed by atoms with Crippen molar-refractivity contribution in [3.63, 3.8) is 0 Å². The Labute approximate surface area is 215 Å². The highest BCUT2D eigenvalue weighted by molar-refractivity contribution is 6.09. The van der Waals surface area contributed by atoms with Crippen LogP contribution in [0.15, 0.2) is 42.7 Å². The van der Waals surface area contributed by atoms with Crippen LogP contribution in [0.1, 0.15) is 27.5 Å². The van der Waals surface area contributed by atoms with Gasteiger partial charge in [0.15, 0.2) is 0 Å². The number of rotatable bonds is 8. The summed E-state index contributed by atoms with van der Waals surface area (Å²) >= 11 is 0. The topological polar surface area (TPSA) is 129 Å². The van der Waals surface area contributed by atoms with E-state index in [2.05, 4.69) is 25.8 Å². The van der Waals surface area contributed by atoms with Crippen LogP contribution in [-0.2, 0) is 16.1 Å². The lowest BCUT2D eigenvalue weighted by Gasteiger charge is -2.36. The van der Waals surface area contributed by atoms with E-state index in [9.17, 15) is 18.4 Å². The van der Waals surface area contributed by atoms with Crippen LogP contribution in [-0.4, -0.2) is 80.0 Å². The van der Waals surface area contributed by atoms with Crippen LogP contribution in [0.2, 0.25) is 0 Å². The Bertz CT molecular complexity index is 1480. The van der Waals surface area contributed by atoms with Crippen LogP contribution < -0.4 is 5.32 Å². The number of carbonyl (C=O) groups excluding carboxylic acids is 2. The molecule has 0 saturated carbocycles. The summed E-state index contributed by atoms with van der Waals surface area (Å²) in [7, 11) is 1.33. The Morgan fingerprint density at radius 1 is 1.21 bits per heavy atom. The van der Waals surface area contributed by atoms with E-state index in [1.807, 2.05) is 19.1 Å². The van der Waals surface area contributed by atoms with Gasteiger partial charge in [0.2, 0.25) is 5.82 Å². The number of tetrazole rings is 1. The zero-order chi connectivity index (χ0) is 26.8. The van der Waals surface area contributed by atoms with E-state index < -0.39 is 19.1 Å². The van der Waals surface area contributed by atoms with Gasteiger partial charge in [-0.15, -0.1) is 10.2 Å². The van der Waals surface area contributed by atoms with Gasteiger partial charge in [0.1, 0.15) is 12.6 Å². The maximum Gasteiger partial charge on any atom is 0.409 e. The number of hydrogen-bond acceptors (Lipinski definition) is 8. The number of nitrogens with zero attached hydrogens (tertiary/aromatic N) is 7. The molecule has 14 heteroatoms. The van der Waals surface area contributed by atoms with Crippen molar-refractivity contribution in [1.29, 1.82) is 0 Å². The van der Waals surface area contributed by atoms with Gasteiger partial charge in [0.05, 0.1) is 44.1 Å². The molecule has 12 nitrogen and oxygen atoms in total. The molecule has 1 aliphatic rings. The van der Waals surface area contributed by atoms with Crippen molar-refractivity contribution in [2.75, 3.05) is 32.1 Å². The van der Waals surface area contributed by atoms with Gasteiger partial charge in [-0.3, -0.25) is 4.79 Å². The highest BCUT2D eigenvalue weighted by Gasteiger charge is 2.34. The number of ether oxygens (including phenoxy) is 2. The first-order valence-corrected chi connectivity index (χ1v) is 11.7. The first kappa shape index (κ1) is 25.2. The van der Waals surface area contributed by atoms with Crippen molar-refractivity contribution in [3.8, 4) is 11.4 Å². The average molecular weight is 527 g/mol. The Balaban J connectivity index is 1.30. The lowest BCUT2D eigenvalue weighted by atomic mass is 10.1. The lowest BCUT2D eigenvalue weighted by Crippen LogP contribution is -2.51. The van der Waals surface area contributed by atoms with E-state index in [0.29, 0.717) is 46.8 Å². The fourth-order valence-electron chi connectivity index (χ4n) is 4.02. The van der Waals surface area contributed by atoms with Gasteiger partial charge >= 0.3 is 6.09 Å². The third-order valence-electron chi connectivity index (χ3n) is 6.14. The molecule has 0 bridgehead atoms. The third-order valence-corrected chi connectivity index (χ3v) is 6.14. The number of benzene rings is 1. The summed E-state index contributed by atoms with van der Waals surface area (Å²) in [6.45, 7) is 2.04. The van der Waals surface area contributed by atoms with E-state index in [1.165, 1.54) is 27.5 Å². The van der Waals surface area contributed by atoms with Crippen molar-refractivity contribution in [2.24, 2.45) is 0 Å². The fraction of sp³-hybridized carbons (Fsp3) is 0.333. The minimum atomic E-state index is -2.55. The number of aryl methyl sites for hydroxylation is 1. The number of likely N-dealkylation sites (tertiary alicyclic amines) is 1. The molecular formula is C24H24F2N8O4. The summed E-state index contributed by atoms with van der Waals surface area (Å²) in [6, 6.07) is 8.70. The summed E-state index contributed by atoms with van der Waals surface area (Å²) in [6.07, 6.45) is 0.129. The number of aromatic nitrogens is 6. The molecule has 0 atom stereocenters. The number of amides is 2. The van der Waals surface area contributed by atoms with Crippen molar-refractivity contribution in [1.82, 2.24) is 34.7 Å². The molecule has 3 aromatic heterocycles. The average Bonchev–Trinajstić information content (AvgIpc) is 3.51. The van der Waals surface area contributed by atoms with Crippen LogP contribution in [0, 0.1) is 6.92 Å². The monoisotopic (exact) mass is 526 g/mol. The van der Waals surface area contributed by atoms with Crippen LogP contribution in [0.25, 0.3) is 16.9 Å². The van der Waals surface area contributed by atoms with E-state index in [0.717, 1.165) is 5.56 Å². The van der Waals surface area contributed by atoms with Gasteiger partial charge in [0.25, 0.3) is 12.3 Å². The second-order valence-corrected chi connectivity index (χ2v) is 8.78. The quantitative estimate of drug-likeness (QED) is 0.371. The Hall–Kier alpha value is -4.46. The first-order chi connectivity index (χ1) is 18.3. The molecule has 2 amide bonds. The number of nitrogens with one attached hydrogen (secondary N) is 1. The summed E-state index contributed by atoms with van der Waals surface area (Å²) in [4.78, 5) is 27.7. The largest absolute Gasteiger partial charge is 0.453 e. The van der Waals surface area contributed by atoms with Crippen LogP contribution in [0.5, 0.6) is 0 Å². The number of anilines is 1. The smallest absolute Gasteiger partial charge is 0.409 e. The van der Waals surface area contributed by atoms with Crippen molar-refractivity contribution in [3.05, 3.63) is 59.4 Å². The molecule has 0 radical (unpaired) electrons. The van der Waals surface area contributed by atoms with Gasteiger partial charge in [-0.05, 0) is 41.5 Å². The van der Waals surface area contributed by atoms with Gasteiger partial charge in [-0.1, -0.05) is 12.1 Å². The normalized spacial score (nSPS) is 13.7. The summed E-state index contributed by atoms with van der Waals surface area (Å²) in [5.41, 5.74) is 3.50. The lowest BCUT2D eigenvalue weighted by molar-refractivity contribution is 0.00988. The number of pyridine rings is 1. The molecule has 1 fully saturated rings. The minimum absolute atomic E-state index is 0.0104. The highest BCUT2D eigenvalue weighted by atomic mass is 19.3. The maximum absolute atomic E-state index is 13.2. The maximum atomic E-state index is 13.2. The molecule has 198 valence electrons. The van der Waals surface area contributed by atoms with Crippen LogP contribution >= 0.6 is 0 Å². The number of methoxy groups -OCH3 is 1. The molecular weight excluding hydrogens is 502 g/mol. The van der Waals surface area contributed by atoms with Crippen molar-refractivity contribution in [2.45, 2.75) is 26.0 Å². The first-order valence-electron chi connectivity index (χ1n) is 11.7. The van der Waals surface area contributed by atoms with E-state index >= 15 is 0 Å². The number of halogens is 2. The molecule has 4 heterocycles. The van der Waals surface area contributed by atoms with Gasteiger partial charge in [0, 0.05) is 17.4 Å². The fourth-order valence-corrected chi connectivity index (χ4v) is 4.02. The predicted octanol–water partition coefficient (Wildman–Crippen LogP) is 2.95. The SMILES string of the molecule is COC(=O)N1CC(n2nnc(-c3ccc(C)c(NC(=O)c4cnn5ccc(COCC(F)F)cc45)c3)n2)C1. The number of fused-ring (bicyclic) bond motifs is 1. The summed E-state index contributed by atoms with van der Waals surface area (Å²) in [5, 5.41) is 19.8. The van der Waals surface area contributed by atoms with Crippen molar-refractivity contribution >= 4 is 23.2 Å². The molecule has 38 heavy (non-hydrogen) atoms. The second-order valence-electron chi connectivity index (χ2n) is 8.78. The molecule has 1 N–H and O–H groups in total. The minimum Gasteiger partial charge on any atom is -0.453 e.